The van der Waals surface area contributed by atoms with Crippen LogP contribution < -0.4 is 14.9 Å². The van der Waals surface area contributed by atoms with Crippen LogP contribution in [0.5, 0.6) is 11.5 Å². The maximum atomic E-state index is 12.9. The molecule has 0 bridgehead atoms. The van der Waals surface area contributed by atoms with Crippen molar-refractivity contribution in [3.63, 3.8) is 0 Å². The first-order chi connectivity index (χ1) is 14.9. The van der Waals surface area contributed by atoms with Crippen LogP contribution in [0.25, 0.3) is 0 Å². The number of ether oxygens (including phenoxy) is 2. The van der Waals surface area contributed by atoms with Crippen molar-refractivity contribution in [3.8, 4) is 11.5 Å². The van der Waals surface area contributed by atoms with Crippen LogP contribution in [0, 0.1) is 12.7 Å². The number of hydrazone groups is 1. The molecule has 1 N–H and O–H groups in total. The minimum atomic E-state index is -0.506. The van der Waals surface area contributed by atoms with Gasteiger partial charge in [-0.1, -0.05) is 34.1 Å². The van der Waals surface area contributed by atoms with Gasteiger partial charge in [-0.3, -0.25) is 4.79 Å². The summed E-state index contributed by atoms with van der Waals surface area (Å²) in [7, 11) is 0. The van der Waals surface area contributed by atoms with Crippen LogP contribution >= 0.6 is 15.9 Å². The van der Waals surface area contributed by atoms with Crippen molar-refractivity contribution >= 4 is 34.0 Å². The molecule has 0 atom stereocenters. The SMILES string of the molecule is Cc1ccccc1C(=O)Oc1ccc(Br)cc1/C=N\NC(=O)COc1ccc(F)cc1. The van der Waals surface area contributed by atoms with Gasteiger partial charge in [-0.15, -0.1) is 0 Å². The van der Waals surface area contributed by atoms with Crippen LogP contribution in [-0.2, 0) is 4.79 Å². The zero-order valence-electron chi connectivity index (χ0n) is 16.5. The third kappa shape index (κ3) is 6.48. The summed E-state index contributed by atoms with van der Waals surface area (Å²) in [4.78, 5) is 24.4. The van der Waals surface area contributed by atoms with Crippen LogP contribution in [0.1, 0.15) is 21.5 Å². The summed E-state index contributed by atoms with van der Waals surface area (Å²) in [6, 6.07) is 17.5. The third-order valence-corrected chi connectivity index (χ3v) is 4.61. The molecule has 0 radical (unpaired) electrons. The molecule has 0 unspecified atom stereocenters. The van der Waals surface area contributed by atoms with Gasteiger partial charge >= 0.3 is 5.97 Å². The molecule has 0 aromatic heterocycles. The van der Waals surface area contributed by atoms with Crippen LogP contribution in [0.2, 0.25) is 0 Å². The van der Waals surface area contributed by atoms with E-state index in [-0.39, 0.29) is 12.4 Å². The molecule has 8 heteroatoms. The number of nitrogens with one attached hydrogen (secondary N) is 1. The molecule has 0 aliphatic carbocycles. The predicted molar refractivity (Wildman–Crippen MR) is 118 cm³/mol. The molecular formula is C23H18BrFN2O4. The monoisotopic (exact) mass is 484 g/mol. The van der Waals surface area contributed by atoms with Gasteiger partial charge in [-0.25, -0.2) is 14.6 Å². The molecule has 6 nitrogen and oxygen atoms in total. The highest BCUT2D eigenvalue weighted by Crippen LogP contribution is 2.23. The van der Waals surface area contributed by atoms with E-state index in [1.165, 1.54) is 30.5 Å². The molecule has 1 amide bonds. The Morgan fingerprint density at radius 2 is 1.84 bits per heavy atom. The van der Waals surface area contributed by atoms with E-state index in [4.69, 9.17) is 9.47 Å². The van der Waals surface area contributed by atoms with Crippen LogP contribution in [-0.4, -0.2) is 24.7 Å². The topological polar surface area (TPSA) is 77.0 Å². The summed E-state index contributed by atoms with van der Waals surface area (Å²) < 4.78 is 24.4. The Hall–Kier alpha value is -3.52. The quantitative estimate of drug-likeness (QED) is 0.229. The number of esters is 1. The molecule has 0 heterocycles. The van der Waals surface area contributed by atoms with Crippen molar-refractivity contribution in [1.82, 2.24) is 5.43 Å². The number of halogens is 2. The Labute approximate surface area is 186 Å². The van der Waals surface area contributed by atoms with Gasteiger partial charge in [0.2, 0.25) is 0 Å². The van der Waals surface area contributed by atoms with Gasteiger partial charge in [0.05, 0.1) is 11.8 Å². The second-order valence-corrected chi connectivity index (χ2v) is 7.34. The molecule has 0 saturated carbocycles. The first-order valence-electron chi connectivity index (χ1n) is 9.20. The number of amides is 1. The molecule has 0 aliphatic heterocycles. The number of carbonyl (C=O) groups is 2. The van der Waals surface area contributed by atoms with Crippen molar-refractivity contribution in [2.24, 2.45) is 5.10 Å². The van der Waals surface area contributed by atoms with Crippen molar-refractivity contribution in [3.05, 3.63) is 93.7 Å². The molecule has 3 aromatic carbocycles. The predicted octanol–water partition coefficient (Wildman–Crippen LogP) is 4.64. The molecule has 3 rings (SSSR count). The maximum absolute atomic E-state index is 12.9. The molecule has 0 saturated heterocycles. The Morgan fingerprint density at radius 1 is 1.10 bits per heavy atom. The first kappa shape index (κ1) is 22.2. The molecule has 0 spiro atoms. The molecule has 3 aromatic rings. The lowest BCUT2D eigenvalue weighted by molar-refractivity contribution is -0.123. The van der Waals surface area contributed by atoms with E-state index in [1.54, 1.807) is 30.3 Å². The third-order valence-electron chi connectivity index (χ3n) is 4.12. The van der Waals surface area contributed by atoms with Gasteiger partial charge < -0.3 is 9.47 Å². The lowest BCUT2D eigenvalue weighted by atomic mass is 10.1. The second kappa shape index (κ2) is 10.5. The summed E-state index contributed by atoms with van der Waals surface area (Å²) in [5, 5.41) is 3.89. The summed E-state index contributed by atoms with van der Waals surface area (Å²) >= 11 is 3.36. The zero-order chi connectivity index (χ0) is 22.2. The van der Waals surface area contributed by atoms with E-state index >= 15 is 0 Å². The maximum Gasteiger partial charge on any atom is 0.343 e. The Kier molecular flexibility index (Phi) is 7.50. The fraction of sp³-hybridized carbons (Fsp3) is 0.0870. The van der Waals surface area contributed by atoms with Gasteiger partial charge in [0.1, 0.15) is 17.3 Å². The van der Waals surface area contributed by atoms with Crippen molar-refractivity contribution in [2.75, 3.05) is 6.61 Å². The lowest BCUT2D eigenvalue weighted by Crippen LogP contribution is -2.24. The van der Waals surface area contributed by atoms with E-state index in [0.29, 0.717) is 16.9 Å². The normalized spacial score (nSPS) is 10.7. The Bertz CT molecular complexity index is 1120. The highest BCUT2D eigenvalue weighted by atomic mass is 79.9. The zero-order valence-corrected chi connectivity index (χ0v) is 18.1. The fourth-order valence-corrected chi connectivity index (χ4v) is 2.93. The minimum absolute atomic E-state index is 0.289. The minimum Gasteiger partial charge on any atom is -0.484 e. The summed E-state index contributed by atoms with van der Waals surface area (Å²) in [6.45, 7) is 1.53. The number of hydrogen-bond donors (Lipinski definition) is 1. The van der Waals surface area contributed by atoms with Crippen LogP contribution in [0.3, 0.4) is 0 Å². The largest absolute Gasteiger partial charge is 0.484 e. The standard InChI is InChI=1S/C23H18BrFN2O4/c1-15-4-2-3-5-20(15)23(29)31-21-11-6-17(24)12-16(21)13-26-27-22(28)14-30-19-9-7-18(25)8-10-19/h2-13H,14H2,1H3,(H,27,28)/b26-13-. The second-order valence-electron chi connectivity index (χ2n) is 6.42. The number of aryl methyl sites for hydroxylation is 1. The summed E-state index contributed by atoms with van der Waals surface area (Å²) in [6.07, 6.45) is 1.36. The number of benzene rings is 3. The molecule has 31 heavy (non-hydrogen) atoms. The average molecular weight is 485 g/mol. The number of rotatable bonds is 7. The number of carbonyl (C=O) groups excluding carboxylic acids is 2. The number of hydrogen-bond acceptors (Lipinski definition) is 5. The Morgan fingerprint density at radius 3 is 2.58 bits per heavy atom. The summed E-state index contributed by atoms with van der Waals surface area (Å²) in [5.74, 6) is -0.745. The molecule has 0 fully saturated rings. The number of nitrogens with zero attached hydrogens (tertiary/aromatic N) is 1. The van der Waals surface area contributed by atoms with E-state index in [9.17, 15) is 14.0 Å². The van der Waals surface area contributed by atoms with Crippen molar-refractivity contribution < 1.29 is 23.5 Å². The fourth-order valence-electron chi connectivity index (χ4n) is 2.56. The average Bonchev–Trinajstić information content (AvgIpc) is 2.75. The van der Waals surface area contributed by atoms with Crippen LogP contribution in [0.15, 0.2) is 76.3 Å². The van der Waals surface area contributed by atoms with Gasteiger partial charge in [0.25, 0.3) is 5.91 Å². The molecule has 158 valence electrons. The summed E-state index contributed by atoms with van der Waals surface area (Å²) in [5.41, 5.74) is 4.07. The molecule has 0 aliphatic rings. The van der Waals surface area contributed by atoms with E-state index in [0.717, 1.165) is 10.0 Å². The van der Waals surface area contributed by atoms with Gasteiger partial charge in [-0.05, 0) is 61.0 Å². The Balaban J connectivity index is 1.62. The van der Waals surface area contributed by atoms with E-state index in [1.807, 2.05) is 19.1 Å². The van der Waals surface area contributed by atoms with Gasteiger partial charge in [0, 0.05) is 10.0 Å². The van der Waals surface area contributed by atoms with Gasteiger partial charge in [0.15, 0.2) is 6.61 Å². The van der Waals surface area contributed by atoms with Gasteiger partial charge in [-0.2, -0.15) is 5.10 Å². The molecular weight excluding hydrogens is 467 g/mol. The van der Waals surface area contributed by atoms with E-state index in [2.05, 4.69) is 26.5 Å². The smallest absolute Gasteiger partial charge is 0.343 e. The van der Waals surface area contributed by atoms with Crippen molar-refractivity contribution in [2.45, 2.75) is 6.92 Å². The van der Waals surface area contributed by atoms with Crippen LogP contribution in [0.4, 0.5) is 4.39 Å². The lowest BCUT2D eigenvalue weighted by Gasteiger charge is -2.09. The van der Waals surface area contributed by atoms with Crippen molar-refractivity contribution in [1.29, 1.82) is 0 Å². The first-order valence-corrected chi connectivity index (χ1v) is 9.99. The highest BCUT2D eigenvalue weighted by Gasteiger charge is 2.13. The highest BCUT2D eigenvalue weighted by molar-refractivity contribution is 9.10. The van der Waals surface area contributed by atoms with E-state index < -0.39 is 17.7 Å².